The molecule has 114 valence electrons. The average Bonchev–Trinajstić information content (AvgIpc) is 3.29. The summed E-state index contributed by atoms with van der Waals surface area (Å²) in [4.78, 5) is 7.80. The molecule has 3 aromatic heterocycles. The summed E-state index contributed by atoms with van der Waals surface area (Å²) in [5.41, 5.74) is 0.961. The topological polar surface area (TPSA) is 51.4 Å². The van der Waals surface area contributed by atoms with Crippen molar-refractivity contribution in [1.82, 2.24) is 15.0 Å². The second kappa shape index (κ2) is 6.29. The number of ether oxygens (including phenoxy) is 1. The smallest absolute Gasteiger partial charge is 0.177 e. The van der Waals surface area contributed by atoms with Gasteiger partial charge in [0.15, 0.2) is 5.76 Å². The van der Waals surface area contributed by atoms with Gasteiger partial charge in [0.25, 0.3) is 0 Å². The Bertz CT molecular complexity index is 709. The zero-order chi connectivity index (χ0) is 14.8. The highest BCUT2D eigenvalue weighted by atomic mass is 32.1. The van der Waals surface area contributed by atoms with Crippen LogP contribution in [0.1, 0.15) is 16.8 Å². The Labute approximate surface area is 136 Å². The summed E-state index contributed by atoms with van der Waals surface area (Å²) < 4.78 is 11.3. The number of hydrogen-bond donors (Lipinski definition) is 0. The molecule has 22 heavy (non-hydrogen) atoms. The highest BCUT2D eigenvalue weighted by Crippen LogP contribution is 2.27. The predicted octanol–water partition coefficient (Wildman–Crippen LogP) is 3.43. The van der Waals surface area contributed by atoms with Gasteiger partial charge in [-0.2, -0.15) is 0 Å². The lowest BCUT2D eigenvalue weighted by Gasteiger charge is -2.31. The van der Waals surface area contributed by atoms with Crippen molar-refractivity contribution in [2.45, 2.75) is 12.6 Å². The number of thiazole rings is 1. The van der Waals surface area contributed by atoms with Gasteiger partial charge in [-0.3, -0.25) is 4.90 Å². The van der Waals surface area contributed by atoms with Crippen LogP contribution >= 0.6 is 22.7 Å². The van der Waals surface area contributed by atoms with Crippen LogP contribution < -0.4 is 0 Å². The van der Waals surface area contributed by atoms with Crippen LogP contribution in [0.15, 0.2) is 39.7 Å². The van der Waals surface area contributed by atoms with Gasteiger partial charge in [-0.15, -0.1) is 22.7 Å². The molecule has 4 heterocycles. The molecule has 1 saturated heterocycles. The molecule has 0 saturated carbocycles. The fourth-order valence-corrected chi connectivity index (χ4v) is 3.89. The quantitative estimate of drug-likeness (QED) is 0.732. The van der Waals surface area contributed by atoms with E-state index in [1.54, 1.807) is 22.7 Å². The van der Waals surface area contributed by atoms with Gasteiger partial charge in [0.1, 0.15) is 11.1 Å². The van der Waals surface area contributed by atoms with Crippen LogP contribution in [-0.2, 0) is 11.3 Å². The highest BCUT2D eigenvalue weighted by molar-refractivity contribution is 7.13. The first-order valence-electron chi connectivity index (χ1n) is 7.11. The average molecular weight is 333 g/mol. The molecule has 0 spiro atoms. The fraction of sp³-hybridized carbons (Fsp3) is 0.333. The molecular weight excluding hydrogens is 318 g/mol. The van der Waals surface area contributed by atoms with Crippen LogP contribution in [0.5, 0.6) is 0 Å². The Balaban J connectivity index is 1.43. The van der Waals surface area contributed by atoms with Crippen LogP contribution in [0.4, 0.5) is 0 Å². The van der Waals surface area contributed by atoms with Gasteiger partial charge in [-0.1, -0.05) is 11.2 Å². The van der Waals surface area contributed by atoms with E-state index in [-0.39, 0.29) is 6.10 Å². The fourth-order valence-electron chi connectivity index (χ4n) is 2.54. The summed E-state index contributed by atoms with van der Waals surface area (Å²) in [5, 5.41) is 9.26. The maximum atomic E-state index is 5.82. The van der Waals surface area contributed by atoms with Gasteiger partial charge < -0.3 is 9.26 Å². The summed E-state index contributed by atoms with van der Waals surface area (Å²) in [7, 11) is 0. The molecule has 1 aliphatic rings. The lowest BCUT2D eigenvalue weighted by molar-refractivity contribution is -0.0335. The third kappa shape index (κ3) is 2.98. The van der Waals surface area contributed by atoms with E-state index < -0.39 is 0 Å². The Morgan fingerprint density at radius 2 is 2.32 bits per heavy atom. The van der Waals surface area contributed by atoms with Crippen LogP contribution in [0.3, 0.4) is 0 Å². The van der Waals surface area contributed by atoms with Gasteiger partial charge in [0.2, 0.25) is 0 Å². The molecule has 1 aliphatic heterocycles. The monoisotopic (exact) mass is 333 g/mol. The normalized spacial score (nSPS) is 19.5. The molecule has 7 heteroatoms. The van der Waals surface area contributed by atoms with E-state index >= 15 is 0 Å². The van der Waals surface area contributed by atoms with Gasteiger partial charge in [0.05, 0.1) is 17.2 Å². The van der Waals surface area contributed by atoms with E-state index in [0.717, 1.165) is 47.6 Å². The van der Waals surface area contributed by atoms with Crippen LogP contribution in [-0.4, -0.2) is 34.7 Å². The number of hydrogen-bond acceptors (Lipinski definition) is 7. The van der Waals surface area contributed by atoms with Crippen molar-refractivity contribution in [3.8, 4) is 10.6 Å². The Hall–Kier alpha value is -1.54. The SMILES string of the molecule is c1csc(-c2cc(CN3CCO[C@H](c4nccs4)C3)no2)c1. The molecule has 0 aromatic carbocycles. The van der Waals surface area contributed by atoms with E-state index in [4.69, 9.17) is 9.26 Å². The zero-order valence-corrected chi connectivity index (χ0v) is 13.5. The summed E-state index contributed by atoms with van der Waals surface area (Å²) in [6.07, 6.45) is 1.89. The lowest BCUT2D eigenvalue weighted by atomic mass is 10.2. The van der Waals surface area contributed by atoms with E-state index in [9.17, 15) is 0 Å². The molecule has 3 aromatic rings. The largest absolute Gasteiger partial charge is 0.368 e. The Morgan fingerprint density at radius 3 is 3.14 bits per heavy atom. The van der Waals surface area contributed by atoms with Crippen molar-refractivity contribution in [2.75, 3.05) is 19.7 Å². The molecule has 1 atom stereocenters. The first-order valence-corrected chi connectivity index (χ1v) is 8.87. The molecule has 1 fully saturated rings. The second-order valence-corrected chi connectivity index (χ2v) is 7.00. The summed E-state index contributed by atoms with van der Waals surface area (Å²) in [5.74, 6) is 0.842. The van der Waals surface area contributed by atoms with Gasteiger partial charge in [0, 0.05) is 37.3 Å². The standard InChI is InChI=1S/C15H15N3O2S2/c1-2-14(21-6-1)12-8-11(17-20-12)9-18-4-5-19-13(10-18)15-16-3-7-22-15/h1-3,6-8,13H,4-5,9-10H2/t13-/m0/s1. The minimum absolute atomic E-state index is 0.0671. The molecule has 0 radical (unpaired) electrons. The van der Waals surface area contributed by atoms with E-state index in [1.807, 2.05) is 35.2 Å². The number of thiophene rings is 1. The second-order valence-electron chi connectivity index (χ2n) is 5.12. The van der Waals surface area contributed by atoms with Crippen LogP contribution in [0.25, 0.3) is 10.6 Å². The number of nitrogens with zero attached hydrogens (tertiary/aromatic N) is 3. The van der Waals surface area contributed by atoms with Gasteiger partial charge >= 0.3 is 0 Å². The molecule has 0 N–H and O–H groups in total. The minimum Gasteiger partial charge on any atom is -0.368 e. The van der Waals surface area contributed by atoms with E-state index in [0.29, 0.717) is 0 Å². The van der Waals surface area contributed by atoms with Crippen molar-refractivity contribution in [3.63, 3.8) is 0 Å². The predicted molar refractivity (Wildman–Crippen MR) is 85.9 cm³/mol. The summed E-state index contributed by atoms with van der Waals surface area (Å²) >= 11 is 3.30. The molecule has 4 rings (SSSR count). The number of aromatic nitrogens is 2. The minimum atomic E-state index is 0.0671. The first-order chi connectivity index (χ1) is 10.9. The Kier molecular flexibility index (Phi) is 4.03. The number of morpholine rings is 1. The van der Waals surface area contributed by atoms with E-state index in [2.05, 4.69) is 15.0 Å². The third-order valence-electron chi connectivity index (χ3n) is 3.59. The molecule has 0 bridgehead atoms. The molecule has 0 amide bonds. The Morgan fingerprint density at radius 1 is 1.32 bits per heavy atom. The molecule has 5 nitrogen and oxygen atoms in total. The summed E-state index contributed by atoms with van der Waals surface area (Å²) in [6, 6.07) is 6.09. The van der Waals surface area contributed by atoms with E-state index in [1.165, 1.54) is 0 Å². The third-order valence-corrected chi connectivity index (χ3v) is 5.34. The van der Waals surface area contributed by atoms with Crippen molar-refractivity contribution in [1.29, 1.82) is 0 Å². The van der Waals surface area contributed by atoms with Gasteiger partial charge in [-0.25, -0.2) is 4.98 Å². The zero-order valence-electron chi connectivity index (χ0n) is 11.8. The molecule has 0 unspecified atom stereocenters. The molecule has 0 aliphatic carbocycles. The lowest BCUT2D eigenvalue weighted by Crippen LogP contribution is -2.37. The summed E-state index contributed by atoms with van der Waals surface area (Å²) in [6.45, 7) is 3.25. The van der Waals surface area contributed by atoms with Crippen molar-refractivity contribution in [3.05, 3.63) is 45.9 Å². The highest BCUT2D eigenvalue weighted by Gasteiger charge is 2.24. The number of rotatable bonds is 4. The first kappa shape index (κ1) is 14.1. The molecular formula is C15H15N3O2S2. The van der Waals surface area contributed by atoms with Crippen molar-refractivity contribution < 1.29 is 9.26 Å². The van der Waals surface area contributed by atoms with Gasteiger partial charge in [-0.05, 0) is 11.4 Å². The van der Waals surface area contributed by atoms with Crippen LogP contribution in [0.2, 0.25) is 0 Å². The van der Waals surface area contributed by atoms with Crippen molar-refractivity contribution >= 4 is 22.7 Å². The van der Waals surface area contributed by atoms with Crippen molar-refractivity contribution in [2.24, 2.45) is 0 Å². The maximum absolute atomic E-state index is 5.82. The maximum Gasteiger partial charge on any atom is 0.177 e. The van der Waals surface area contributed by atoms with Crippen LogP contribution in [0, 0.1) is 0 Å².